The average molecular weight is 260 g/mol. The summed E-state index contributed by atoms with van der Waals surface area (Å²) in [7, 11) is 0. The standard InChI is InChI=1S/C17H28N2/c1-13-11-15(3)16(12-14(13)2)6-9-18-10-7-17-5-4-8-19-17/h11-12,17-19H,4-10H2,1-3H3. The van der Waals surface area contributed by atoms with Gasteiger partial charge in [-0.05, 0) is 88.3 Å². The van der Waals surface area contributed by atoms with Crippen molar-refractivity contribution in [3.05, 3.63) is 34.4 Å². The molecule has 2 rings (SSSR count). The van der Waals surface area contributed by atoms with Gasteiger partial charge in [0, 0.05) is 6.04 Å². The van der Waals surface area contributed by atoms with E-state index in [9.17, 15) is 0 Å². The first-order chi connectivity index (χ1) is 9.16. The summed E-state index contributed by atoms with van der Waals surface area (Å²) in [5.74, 6) is 0. The molecule has 2 heteroatoms. The van der Waals surface area contributed by atoms with Crippen LogP contribution in [0.3, 0.4) is 0 Å². The van der Waals surface area contributed by atoms with E-state index < -0.39 is 0 Å². The zero-order chi connectivity index (χ0) is 13.7. The van der Waals surface area contributed by atoms with Gasteiger partial charge in [0.05, 0.1) is 0 Å². The Hall–Kier alpha value is -0.860. The second-order valence-electron chi connectivity index (χ2n) is 5.94. The highest BCUT2D eigenvalue weighted by Crippen LogP contribution is 2.15. The molecule has 1 aromatic carbocycles. The molecule has 0 radical (unpaired) electrons. The summed E-state index contributed by atoms with van der Waals surface area (Å²) in [6.45, 7) is 10.1. The van der Waals surface area contributed by atoms with Gasteiger partial charge in [-0.1, -0.05) is 12.1 Å². The zero-order valence-corrected chi connectivity index (χ0v) is 12.7. The molecule has 1 unspecified atom stereocenters. The maximum atomic E-state index is 3.58. The number of benzene rings is 1. The molecule has 0 aromatic heterocycles. The maximum Gasteiger partial charge on any atom is 0.00796 e. The van der Waals surface area contributed by atoms with Crippen molar-refractivity contribution in [2.24, 2.45) is 0 Å². The van der Waals surface area contributed by atoms with Crippen molar-refractivity contribution in [3.63, 3.8) is 0 Å². The van der Waals surface area contributed by atoms with Crippen LogP contribution in [0.15, 0.2) is 12.1 Å². The van der Waals surface area contributed by atoms with Crippen LogP contribution in [-0.2, 0) is 6.42 Å². The van der Waals surface area contributed by atoms with E-state index in [0.717, 1.165) is 25.6 Å². The third-order valence-electron chi connectivity index (χ3n) is 4.36. The molecule has 1 aliphatic heterocycles. The first kappa shape index (κ1) is 14.5. The minimum atomic E-state index is 0.760. The topological polar surface area (TPSA) is 24.1 Å². The van der Waals surface area contributed by atoms with Crippen LogP contribution in [0.1, 0.15) is 41.5 Å². The molecule has 0 aliphatic carbocycles. The molecule has 0 amide bonds. The lowest BCUT2D eigenvalue weighted by Crippen LogP contribution is -2.28. The molecule has 2 nitrogen and oxygen atoms in total. The monoisotopic (exact) mass is 260 g/mol. The molecule has 1 saturated heterocycles. The molecule has 0 spiro atoms. The van der Waals surface area contributed by atoms with Crippen molar-refractivity contribution < 1.29 is 0 Å². The van der Waals surface area contributed by atoms with Crippen LogP contribution < -0.4 is 10.6 Å². The van der Waals surface area contributed by atoms with E-state index in [2.05, 4.69) is 43.5 Å². The minimum absolute atomic E-state index is 0.760. The Balaban J connectivity index is 1.69. The molecule has 106 valence electrons. The highest BCUT2D eigenvalue weighted by Gasteiger charge is 2.12. The van der Waals surface area contributed by atoms with Crippen LogP contribution >= 0.6 is 0 Å². The quantitative estimate of drug-likeness (QED) is 0.769. The van der Waals surface area contributed by atoms with Gasteiger partial charge in [-0.25, -0.2) is 0 Å². The predicted molar refractivity (Wildman–Crippen MR) is 82.9 cm³/mol. The average Bonchev–Trinajstić information content (AvgIpc) is 2.88. The van der Waals surface area contributed by atoms with Crippen molar-refractivity contribution >= 4 is 0 Å². The Labute approximate surface area is 118 Å². The van der Waals surface area contributed by atoms with Gasteiger partial charge in [0.2, 0.25) is 0 Å². The lowest BCUT2D eigenvalue weighted by atomic mass is 9.99. The summed E-state index contributed by atoms with van der Waals surface area (Å²) in [6.07, 6.45) is 5.13. The second-order valence-corrected chi connectivity index (χ2v) is 5.94. The summed E-state index contributed by atoms with van der Waals surface area (Å²) in [4.78, 5) is 0. The Morgan fingerprint density at radius 2 is 1.89 bits per heavy atom. The van der Waals surface area contributed by atoms with Crippen LogP contribution in [0.5, 0.6) is 0 Å². The largest absolute Gasteiger partial charge is 0.316 e. The fraction of sp³-hybridized carbons (Fsp3) is 0.647. The third kappa shape index (κ3) is 4.32. The van der Waals surface area contributed by atoms with Gasteiger partial charge in [-0.3, -0.25) is 0 Å². The molecule has 1 fully saturated rings. The first-order valence-electron chi connectivity index (χ1n) is 7.67. The number of nitrogens with one attached hydrogen (secondary N) is 2. The van der Waals surface area contributed by atoms with Crippen LogP contribution in [0.25, 0.3) is 0 Å². The van der Waals surface area contributed by atoms with Crippen molar-refractivity contribution in [2.75, 3.05) is 19.6 Å². The molecule has 0 bridgehead atoms. The van der Waals surface area contributed by atoms with Crippen LogP contribution in [0.2, 0.25) is 0 Å². The molecule has 1 atom stereocenters. The number of aryl methyl sites for hydroxylation is 3. The van der Waals surface area contributed by atoms with Gasteiger partial charge in [0.15, 0.2) is 0 Å². The molecular weight excluding hydrogens is 232 g/mol. The van der Waals surface area contributed by atoms with Crippen molar-refractivity contribution in [1.29, 1.82) is 0 Å². The van der Waals surface area contributed by atoms with Gasteiger partial charge in [-0.2, -0.15) is 0 Å². The number of rotatable bonds is 6. The summed E-state index contributed by atoms with van der Waals surface area (Å²) in [5.41, 5.74) is 5.74. The summed E-state index contributed by atoms with van der Waals surface area (Å²) in [6, 6.07) is 5.42. The number of hydrogen-bond acceptors (Lipinski definition) is 2. The lowest BCUT2D eigenvalue weighted by Gasteiger charge is -2.12. The highest BCUT2D eigenvalue weighted by molar-refractivity contribution is 5.36. The molecule has 2 N–H and O–H groups in total. The van der Waals surface area contributed by atoms with E-state index in [1.54, 1.807) is 0 Å². The fourth-order valence-electron chi connectivity index (χ4n) is 2.92. The molecular formula is C17H28N2. The van der Waals surface area contributed by atoms with Crippen molar-refractivity contribution in [3.8, 4) is 0 Å². The van der Waals surface area contributed by atoms with E-state index in [-0.39, 0.29) is 0 Å². The number of hydrogen-bond donors (Lipinski definition) is 2. The molecule has 0 saturated carbocycles. The SMILES string of the molecule is Cc1cc(C)c(CCNCCC2CCCN2)cc1C. The van der Waals surface area contributed by atoms with Crippen molar-refractivity contribution in [1.82, 2.24) is 10.6 Å². The summed E-state index contributed by atoms with van der Waals surface area (Å²) >= 11 is 0. The van der Waals surface area contributed by atoms with Crippen LogP contribution in [-0.4, -0.2) is 25.7 Å². The van der Waals surface area contributed by atoms with E-state index in [1.807, 2.05) is 0 Å². The smallest absolute Gasteiger partial charge is 0.00796 e. The Kier molecular flexibility index (Phi) is 5.41. The second kappa shape index (κ2) is 7.06. The Morgan fingerprint density at radius 3 is 2.63 bits per heavy atom. The van der Waals surface area contributed by atoms with Gasteiger partial charge in [0.25, 0.3) is 0 Å². The normalized spacial score (nSPS) is 19.0. The fourth-order valence-corrected chi connectivity index (χ4v) is 2.92. The van der Waals surface area contributed by atoms with E-state index >= 15 is 0 Å². The van der Waals surface area contributed by atoms with Gasteiger partial charge >= 0.3 is 0 Å². The van der Waals surface area contributed by atoms with E-state index in [1.165, 1.54) is 48.1 Å². The minimum Gasteiger partial charge on any atom is -0.316 e. The summed E-state index contributed by atoms with van der Waals surface area (Å²) < 4.78 is 0. The van der Waals surface area contributed by atoms with Crippen LogP contribution in [0, 0.1) is 20.8 Å². The van der Waals surface area contributed by atoms with Gasteiger partial charge in [-0.15, -0.1) is 0 Å². The molecule has 1 aliphatic rings. The molecule has 1 aromatic rings. The molecule has 1 heterocycles. The Morgan fingerprint density at radius 1 is 1.11 bits per heavy atom. The zero-order valence-electron chi connectivity index (χ0n) is 12.7. The Bertz CT molecular complexity index is 406. The van der Waals surface area contributed by atoms with Crippen molar-refractivity contribution in [2.45, 2.75) is 52.5 Å². The predicted octanol–water partition coefficient (Wildman–Crippen LogP) is 2.89. The molecule has 19 heavy (non-hydrogen) atoms. The highest BCUT2D eigenvalue weighted by atomic mass is 14.9. The maximum absolute atomic E-state index is 3.58. The first-order valence-corrected chi connectivity index (χ1v) is 7.67. The van der Waals surface area contributed by atoms with E-state index in [4.69, 9.17) is 0 Å². The van der Waals surface area contributed by atoms with Gasteiger partial charge < -0.3 is 10.6 Å². The van der Waals surface area contributed by atoms with E-state index in [0.29, 0.717) is 0 Å². The lowest BCUT2D eigenvalue weighted by molar-refractivity contribution is 0.525. The van der Waals surface area contributed by atoms with Gasteiger partial charge in [0.1, 0.15) is 0 Å². The third-order valence-corrected chi connectivity index (χ3v) is 4.36. The van der Waals surface area contributed by atoms with Crippen LogP contribution in [0.4, 0.5) is 0 Å². The summed E-state index contributed by atoms with van der Waals surface area (Å²) in [5, 5.41) is 7.13.